The number of hydrogen-bond donors (Lipinski definition) is 2. The second-order valence-electron chi connectivity index (χ2n) is 3.87. The second kappa shape index (κ2) is 4.79. The van der Waals surface area contributed by atoms with E-state index in [9.17, 15) is 8.42 Å². The van der Waals surface area contributed by atoms with Gasteiger partial charge in [0.05, 0.1) is 17.1 Å². The van der Waals surface area contributed by atoms with Gasteiger partial charge in [-0.15, -0.1) is 0 Å². The summed E-state index contributed by atoms with van der Waals surface area (Å²) in [5.74, 6) is 0. The summed E-state index contributed by atoms with van der Waals surface area (Å²) in [4.78, 5) is 0.0949. The van der Waals surface area contributed by atoms with Crippen molar-refractivity contribution in [2.45, 2.75) is 11.4 Å². The predicted octanol–water partition coefficient (Wildman–Crippen LogP) is 0.680. The van der Waals surface area contributed by atoms with Crippen LogP contribution in [0.15, 0.2) is 41.4 Å². The van der Waals surface area contributed by atoms with Gasteiger partial charge in [-0.3, -0.25) is 4.68 Å². The van der Waals surface area contributed by atoms with Crippen molar-refractivity contribution in [3.05, 3.63) is 42.2 Å². The molecule has 2 aromatic rings. The molecule has 0 saturated carbocycles. The minimum absolute atomic E-state index is 0.0949. The van der Waals surface area contributed by atoms with Crippen molar-refractivity contribution in [3.8, 4) is 0 Å². The molecule has 0 amide bonds. The van der Waals surface area contributed by atoms with Crippen LogP contribution in [0, 0.1) is 0 Å². The van der Waals surface area contributed by atoms with Crippen molar-refractivity contribution in [2.75, 3.05) is 5.32 Å². The zero-order valence-corrected chi connectivity index (χ0v) is 10.7. The molecule has 0 atom stereocenters. The number of nitrogens with zero attached hydrogens (tertiary/aromatic N) is 2. The molecule has 0 bridgehead atoms. The van der Waals surface area contributed by atoms with Crippen LogP contribution in [0.2, 0.25) is 0 Å². The fraction of sp³-hybridized carbons (Fsp3) is 0.182. The van der Waals surface area contributed by atoms with E-state index in [1.165, 1.54) is 12.1 Å². The third-order valence-electron chi connectivity index (χ3n) is 2.56. The van der Waals surface area contributed by atoms with Crippen LogP contribution < -0.4 is 10.5 Å². The first-order valence-electron chi connectivity index (χ1n) is 5.30. The van der Waals surface area contributed by atoms with E-state index in [4.69, 9.17) is 5.14 Å². The summed E-state index contributed by atoms with van der Waals surface area (Å²) in [6, 6.07) is 8.28. The summed E-state index contributed by atoms with van der Waals surface area (Å²) in [7, 11) is -1.82. The molecule has 96 valence electrons. The van der Waals surface area contributed by atoms with Crippen LogP contribution in [0.5, 0.6) is 0 Å². The van der Waals surface area contributed by atoms with Gasteiger partial charge < -0.3 is 5.32 Å². The van der Waals surface area contributed by atoms with Crippen molar-refractivity contribution in [1.29, 1.82) is 0 Å². The minimum Gasteiger partial charge on any atom is -0.379 e. The third kappa shape index (κ3) is 2.88. The maximum Gasteiger partial charge on any atom is 0.238 e. The number of sulfonamides is 1. The second-order valence-corrected chi connectivity index (χ2v) is 5.43. The summed E-state index contributed by atoms with van der Waals surface area (Å²) in [6.45, 7) is 0.560. The molecule has 6 nitrogen and oxygen atoms in total. The number of benzene rings is 1. The lowest BCUT2D eigenvalue weighted by Gasteiger charge is -2.07. The van der Waals surface area contributed by atoms with Gasteiger partial charge in [-0.05, 0) is 24.3 Å². The number of anilines is 1. The molecule has 18 heavy (non-hydrogen) atoms. The maximum atomic E-state index is 11.2. The van der Waals surface area contributed by atoms with Gasteiger partial charge in [-0.25, -0.2) is 13.6 Å². The van der Waals surface area contributed by atoms with Gasteiger partial charge in [-0.2, -0.15) is 5.10 Å². The van der Waals surface area contributed by atoms with Gasteiger partial charge in [0.1, 0.15) is 0 Å². The first-order valence-corrected chi connectivity index (χ1v) is 6.85. The molecule has 0 aliphatic rings. The molecule has 0 spiro atoms. The number of aromatic nitrogens is 2. The highest BCUT2D eigenvalue weighted by Gasteiger charge is 2.07. The molecule has 0 fully saturated rings. The van der Waals surface area contributed by atoms with Gasteiger partial charge in [-0.1, -0.05) is 6.07 Å². The monoisotopic (exact) mass is 266 g/mol. The third-order valence-corrected chi connectivity index (χ3v) is 3.47. The smallest absolute Gasteiger partial charge is 0.238 e. The van der Waals surface area contributed by atoms with E-state index in [0.29, 0.717) is 12.2 Å². The van der Waals surface area contributed by atoms with Gasteiger partial charge in [0.2, 0.25) is 10.0 Å². The molecule has 0 aliphatic heterocycles. The van der Waals surface area contributed by atoms with E-state index in [1.807, 2.05) is 13.1 Å². The Hall–Kier alpha value is -1.86. The lowest BCUT2D eigenvalue weighted by molar-refractivity contribution is 0.598. The van der Waals surface area contributed by atoms with Crippen LogP contribution in [0.1, 0.15) is 5.69 Å². The number of hydrogen-bond acceptors (Lipinski definition) is 4. The molecular formula is C11H14N4O2S. The Balaban J connectivity index is 2.13. The first-order chi connectivity index (χ1) is 8.47. The van der Waals surface area contributed by atoms with Crippen LogP contribution in [0.25, 0.3) is 0 Å². The average Bonchev–Trinajstić information content (AvgIpc) is 2.72. The largest absolute Gasteiger partial charge is 0.379 e. The molecular weight excluding hydrogens is 252 g/mol. The highest BCUT2D eigenvalue weighted by atomic mass is 32.2. The van der Waals surface area contributed by atoms with E-state index in [0.717, 1.165) is 5.69 Å². The highest BCUT2D eigenvalue weighted by Crippen LogP contribution is 2.14. The Morgan fingerprint density at radius 2 is 2.17 bits per heavy atom. The lowest BCUT2D eigenvalue weighted by atomic mass is 10.3. The number of rotatable bonds is 4. The highest BCUT2D eigenvalue weighted by molar-refractivity contribution is 7.89. The zero-order chi connectivity index (χ0) is 13.2. The van der Waals surface area contributed by atoms with E-state index in [2.05, 4.69) is 10.4 Å². The summed E-state index contributed by atoms with van der Waals surface area (Å²) in [5, 5.41) is 12.2. The molecule has 2 rings (SSSR count). The molecule has 7 heteroatoms. The van der Waals surface area contributed by atoms with E-state index >= 15 is 0 Å². The normalized spacial score (nSPS) is 11.4. The van der Waals surface area contributed by atoms with Gasteiger partial charge >= 0.3 is 0 Å². The molecule has 1 aromatic carbocycles. The van der Waals surface area contributed by atoms with Crippen LogP contribution in [-0.2, 0) is 23.6 Å². The fourth-order valence-electron chi connectivity index (χ4n) is 1.55. The molecule has 0 radical (unpaired) electrons. The standard InChI is InChI=1S/C11H14N4O2S/c1-15-10(5-6-14-15)8-13-9-3-2-4-11(7-9)18(12,16)17/h2-7,13H,8H2,1H3,(H2,12,16,17). The van der Waals surface area contributed by atoms with E-state index in [-0.39, 0.29) is 4.90 Å². The van der Waals surface area contributed by atoms with Crippen molar-refractivity contribution in [1.82, 2.24) is 9.78 Å². The predicted molar refractivity (Wildman–Crippen MR) is 68.3 cm³/mol. The molecule has 0 unspecified atom stereocenters. The Labute approximate surface area is 105 Å². The minimum atomic E-state index is -3.66. The van der Waals surface area contributed by atoms with E-state index < -0.39 is 10.0 Å². The quantitative estimate of drug-likeness (QED) is 0.851. The summed E-state index contributed by atoms with van der Waals surface area (Å²) < 4.78 is 24.2. The van der Waals surface area contributed by atoms with Gasteiger partial charge in [0, 0.05) is 18.9 Å². The Morgan fingerprint density at radius 1 is 1.39 bits per heavy atom. The summed E-state index contributed by atoms with van der Waals surface area (Å²) in [5.41, 5.74) is 1.69. The van der Waals surface area contributed by atoms with Gasteiger partial charge in [0.15, 0.2) is 0 Å². The number of nitrogens with two attached hydrogens (primary N) is 1. The van der Waals surface area contributed by atoms with Crippen LogP contribution in [0.4, 0.5) is 5.69 Å². The lowest BCUT2D eigenvalue weighted by Crippen LogP contribution is -2.12. The molecule has 0 aliphatic carbocycles. The van der Waals surface area contributed by atoms with Gasteiger partial charge in [0.25, 0.3) is 0 Å². The van der Waals surface area contributed by atoms with Crippen LogP contribution >= 0.6 is 0 Å². The van der Waals surface area contributed by atoms with Crippen molar-refractivity contribution in [3.63, 3.8) is 0 Å². The van der Waals surface area contributed by atoms with Crippen LogP contribution in [-0.4, -0.2) is 18.2 Å². The summed E-state index contributed by atoms with van der Waals surface area (Å²) >= 11 is 0. The molecule has 3 N–H and O–H groups in total. The van der Waals surface area contributed by atoms with Crippen molar-refractivity contribution in [2.24, 2.45) is 12.2 Å². The fourth-order valence-corrected chi connectivity index (χ4v) is 2.11. The van der Waals surface area contributed by atoms with Crippen molar-refractivity contribution < 1.29 is 8.42 Å². The Morgan fingerprint density at radius 3 is 2.78 bits per heavy atom. The Bertz CT molecular complexity index is 649. The van der Waals surface area contributed by atoms with Crippen LogP contribution in [0.3, 0.4) is 0 Å². The van der Waals surface area contributed by atoms with Crippen molar-refractivity contribution >= 4 is 15.7 Å². The van der Waals surface area contributed by atoms with E-state index in [1.54, 1.807) is 23.0 Å². The topological polar surface area (TPSA) is 90.0 Å². The number of aryl methyl sites for hydroxylation is 1. The molecule has 1 heterocycles. The summed E-state index contributed by atoms with van der Waals surface area (Å²) in [6.07, 6.45) is 1.71. The molecule has 0 saturated heterocycles. The Kier molecular flexibility index (Phi) is 3.35. The first kappa shape index (κ1) is 12.6. The molecule has 1 aromatic heterocycles. The number of primary sulfonamides is 1. The zero-order valence-electron chi connectivity index (χ0n) is 9.87. The maximum absolute atomic E-state index is 11.2. The number of nitrogens with one attached hydrogen (secondary N) is 1. The average molecular weight is 266 g/mol. The SMILES string of the molecule is Cn1nccc1CNc1cccc(S(N)(=O)=O)c1.